The van der Waals surface area contributed by atoms with Crippen LogP contribution < -0.4 is 0 Å². The first-order valence-electron chi connectivity index (χ1n) is 7.81. The van der Waals surface area contributed by atoms with Crippen LogP contribution >= 0.6 is 0 Å². The molecule has 1 aliphatic heterocycles. The average molecular weight is 354 g/mol. The van der Waals surface area contributed by atoms with E-state index in [1.807, 2.05) is 0 Å². The lowest BCUT2D eigenvalue weighted by Gasteiger charge is -2.42. The molecule has 8 nitrogen and oxygen atoms in total. The number of carbonyl (C=O) groups excluding carboxylic acids is 2. The second-order valence-electron chi connectivity index (χ2n) is 6.05. The standard InChI is InChI=1S/C17H22O8/c1-8-4-11(6-12(20)5-8)16-14(21)15(22)17(24-10(3)19)13(25-16)7-23-9(2)18/h4-6,13-17,20-22H,7H2,1-3H3/t13-,14+,15-,16-,17+/m1/s1. The van der Waals surface area contributed by atoms with Crippen molar-refractivity contribution in [3.63, 3.8) is 0 Å². The zero-order valence-electron chi connectivity index (χ0n) is 14.2. The van der Waals surface area contributed by atoms with Crippen molar-refractivity contribution in [3.05, 3.63) is 29.3 Å². The van der Waals surface area contributed by atoms with Gasteiger partial charge >= 0.3 is 11.9 Å². The van der Waals surface area contributed by atoms with E-state index in [-0.39, 0.29) is 12.4 Å². The number of aliphatic hydroxyl groups is 2. The number of carbonyl (C=O) groups is 2. The minimum absolute atomic E-state index is 0.0149. The van der Waals surface area contributed by atoms with Gasteiger partial charge in [-0.05, 0) is 30.2 Å². The van der Waals surface area contributed by atoms with E-state index in [0.717, 1.165) is 12.5 Å². The highest BCUT2D eigenvalue weighted by Crippen LogP contribution is 2.35. The van der Waals surface area contributed by atoms with Gasteiger partial charge < -0.3 is 29.5 Å². The van der Waals surface area contributed by atoms with Crippen LogP contribution in [0.1, 0.15) is 31.1 Å². The van der Waals surface area contributed by atoms with Crippen molar-refractivity contribution in [2.45, 2.75) is 51.3 Å². The van der Waals surface area contributed by atoms with Gasteiger partial charge in [0.2, 0.25) is 0 Å². The first kappa shape index (κ1) is 19.2. The molecule has 0 aromatic heterocycles. The molecule has 0 radical (unpaired) electrons. The third-order valence-electron chi connectivity index (χ3n) is 3.85. The fourth-order valence-electron chi connectivity index (χ4n) is 2.84. The highest BCUT2D eigenvalue weighted by molar-refractivity contribution is 5.66. The molecule has 1 fully saturated rings. The summed E-state index contributed by atoms with van der Waals surface area (Å²) >= 11 is 0. The van der Waals surface area contributed by atoms with Gasteiger partial charge in [-0.1, -0.05) is 6.07 Å². The van der Waals surface area contributed by atoms with Crippen LogP contribution in [0.2, 0.25) is 0 Å². The smallest absolute Gasteiger partial charge is 0.303 e. The van der Waals surface area contributed by atoms with Crippen LogP contribution in [0.25, 0.3) is 0 Å². The number of aryl methyl sites for hydroxylation is 1. The fourth-order valence-corrected chi connectivity index (χ4v) is 2.84. The van der Waals surface area contributed by atoms with E-state index in [1.54, 1.807) is 13.0 Å². The topological polar surface area (TPSA) is 123 Å². The molecule has 2 rings (SSSR count). The van der Waals surface area contributed by atoms with Crippen LogP contribution in [0.3, 0.4) is 0 Å². The highest BCUT2D eigenvalue weighted by atomic mass is 16.6. The molecule has 0 spiro atoms. The van der Waals surface area contributed by atoms with E-state index in [4.69, 9.17) is 14.2 Å². The molecule has 25 heavy (non-hydrogen) atoms. The summed E-state index contributed by atoms with van der Waals surface area (Å²) < 4.78 is 15.7. The second kappa shape index (κ2) is 7.81. The maximum absolute atomic E-state index is 11.3. The van der Waals surface area contributed by atoms with Crippen LogP contribution in [0, 0.1) is 6.92 Å². The van der Waals surface area contributed by atoms with Gasteiger partial charge in [-0.3, -0.25) is 9.59 Å². The zero-order chi connectivity index (χ0) is 18.7. The molecule has 0 aliphatic carbocycles. The van der Waals surface area contributed by atoms with Crippen LogP contribution in [-0.2, 0) is 23.8 Å². The monoisotopic (exact) mass is 354 g/mol. The second-order valence-corrected chi connectivity index (χ2v) is 6.05. The van der Waals surface area contributed by atoms with Gasteiger partial charge in [0.1, 0.15) is 36.8 Å². The highest BCUT2D eigenvalue weighted by Gasteiger charge is 2.47. The molecule has 0 amide bonds. The van der Waals surface area contributed by atoms with E-state index >= 15 is 0 Å². The Morgan fingerprint density at radius 3 is 2.36 bits per heavy atom. The molecule has 0 unspecified atom stereocenters. The first-order chi connectivity index (χ1) is 11.7. The lowest BCUT2D eigenvalue weighted by Crippen LogP contribution is -2.57. The summed E-state index contributed by atoms with van der Waals surface area (Å²) in [6, 6.07) is 4.63. The summed E-state index contributed by atoms with van der Waals surface area (Å²) in [6.07, 6.45) is -6.02. The number of phenolic OH excluding ortho intramolecular Hbond substituents is 1. The van der Waals surface area contributed by atoms with E-state index in [2.05, 4.69) is 0 Å². The number of hydrogen-bond donors (Lipinski definition) is 3. The van der Waals surface area contributed by atoms with E-state index in [0.29, 0.717) is 5.56 Å². The summed E-state index contributed by atoms with van der Waals surface area (Å²) in [6.45, 7) is 3.87. The molecule has 1 saturated heterocycles. The molecule has 138 valence electrons. The van der Waals surface area contributed by atoms with Crippen molar-refractivity contribution in [1.29, 1.82) is 0 Å². The largest absolute Gasteiger partial charge is 0.508 e. The molecular weight excluding hydrogens is 332 g/mol. The SMILES string of the molecule is CC(=O)OC[C@H]1O[C@H](c2cc(C)cc(O)c2)[C@@H](O)[C@@H](O)[C@H]1OC(C)=O. The predicted octanol–water partition coefficient (Wildman–Crippen LogP) is 0.357. The number of esters is 2. The Labute approximate surface area is 144 Å². The molecule has 1 heterocycles. The Morgan fingerprint density at radius 1 is 1.12 bits per heavy atom. The molecule has 1 aromatic rings. The summed E-state index contributed by atoms with van der Waals surface area (Å²) in [4.78, 5) is 22.3. The van der Waals surface area contributed by atoms with E-state index < -0.39 is 42.5 Å². The summed E-state index contributed by atoms with van der Waals surface area (Å²) in [7, 11) is 0. The van der Waals surface area contributed by atoms with Gasteiger partial charge in [-0.25, -0.2) is 0 Å². The maximum atomic E-state index is 11.3. The Hall–Kier alpha value is -2.16. The fraction of sp³-hybridized carbons (Fsp3) is 0.529. The predicted molar refractivity (Wildman–Crippen MR) is 84.7 cm³/mol. The Balaban J connectivity index is 2.30. The van der Waals surface area contributed by atoms with Gasteiger partial charge in [0.05, 0.1) is 0 Å². The van der Waals surface area contributed by atoms with Gasteiger partial charge in [0.15, 0.2) is 6.10 Å². The number of benzene rings is 1. The maximum Gasteiger partial charge on any atom is 0.303 e. The van der Waals surface area contributed by atoms with Crippen LogP contribution in [-0.4, -0.2) is 58.3 Å². The molecule has 1 aromatic carbocycles. The van der Waals surface area contributed by atoms with Gasteiger partial charge in [-0.2, -0.15) is 0 Å². The lowest BCUT2D eigenvalue weighted by molar-refractivity contribution is -0.242. The van der Waals surface area contributed by atoms with Crippen molar-refractivity contribution in [3.8, 4) is 5.75 Å². The van der Waals surface area contributed by atoms with Crippen molar-refractivity contribution in [1.82, 2.24) is 0 Å². The third-order valence-corrected chi connectivity index (χ3v) is 3.85. The Kier molecular flexibility index (Phi) is 5.99. The van der Waals surface area contributed by atoms with E-state index in [1.165, 1.54) is 19.1 Å². The number of rotatable bonds is 4. The molecule has 3 N–H and O–H groups in total. The third kappa shape index (κ3) is 4.68. The molecule has 5 atom stereocenters. The summed E-state index contributed by atoms with van der Waals surface area (Å²) in [5, 5.41) is 30.5. The minimum atomic E-state index is -1.45. The molecular formula is C17H22O8. The van der Waals surface area contributed by atoms with Gasteiger partial charge in [-0.15, -0.1) is 0 Å². The number of aliphatic hydroxyl groups excluding tert-OH is 2. The number of ether oxygens (including phenoxy) is 3. The van der Waals surface area contributed by atoms with Gasteiger partial charge in [0, 0.05) is 13.8 Å². The number of hydrogen-bond acceptors (Lipinski definition) is 8. The lowest BCUT2D eigenvalue weighted by atomic mass is 9.90. The quantitative estimate of drug-likeness (QED) is 0.662. The van der Waals surface area contributed by atoms with Crippen LogP contribution in [0.15, 0.2) is 18.2 Å². The average Bonchev–Trinajstić information content (AvgIpc) is 2.49. The summed E-state index contributed by atoms with van der Waals surface area (Å²) in [5.74, 6) is -1.24. The van der Waals surface area contributed by atoms with Crippen LogP contribution in [0.4, 0.5) is 0 Å². The van der Waals surface area contributed by atoms with Gasteiger partial charge in [0.25, 0.3) is 0 Å². The first-order valence-corrected chi connectivity index (χ1v) is 7.81. The number of aromatic hydroxyl groups is 1. The summed E-state index contributed by atoms with van der Waals surface area (Å²) in [5.41, 5.74) is 1.18. The normalized spacial score (nSPS) is 29.1. The molecule has 0 saturated carbocycles. The number of phenols is 1. The molecule has 8 heteroatoms. The van der Waals surface area contributed by atoms with E-state index in [9.17, 15) is 24.9 Å². The van der Waals surface area contributed by atoms with Crippen molar-refractivity contribution in [2.24, 2.45) is 0 Å². The Morgan fingerprint density at radius 2 is 1.80 bits per heavy atom. The van der Waals surface area contributed by atoms with Crippen LogP contribution in [0.5, 0.6) is 5.75 Å². The minimum Gasteiger partial charge on any atom is -0.508 e. The molecule has 0 bridgehead atoms. The molecule has 1 aliphatic rings. The van der Waals surface area contributed by atoms with Crippen molar-refractivity contribution >= 4 is 11.9 Å². The van der Waals surface area contributed by atoms with Crippen molar-refractivity contribution in [2.75, 3.05) is 6.61 Å². The Bertz CT molecular complexity index is 623. The zero-order valence-corrected chi connectivity index (χ0v) is 14.2. The van der Waals surface area contributed by atoms with Crippen molar-refractivity contribution < 1.29 is 39.1 Å².